The Kier molecular flexibility index (Phi) is 5.08. The summed E-state index contributed by atoms with van der Waals surface area (Å²) in [6.45, 7) is 0.411. The number of hydrogen-bond donors (Lipinski definition) is 1. The van der Waals surface area contributed by atoms with Crippen LogP contribution in [0.15, 0.2) is 30.3 Å². The second kappa shape index (κ2) is 6.63. The second-order valence-electron chi connectivity index (χ2n) is 3.08. The molecule has 0 amide bonds. The van der Waals surface area contributed by atoms with Crippen molar-refractivity contribution >= 4 is 12.0 Å². The van der Waals surface area contributed by atoms with E-state index in [9.17, 15) is 4.79 Å². The van der Waals surface area contributed by atoms with Crippen LogP contribution in [-0.4, -0.2) is 26.2 Å². The molecule has 0 bridgehead atoms. The summed E-state index contributed by atoms with van der Waals surface area (Å²) in [6.07, 6.45) is 3.74. The molecular formula is C12H15NO3. The molecular weight excluding hydrogens is 206 g/mol. The van der Waals surface area contributed by atoms with E-state index < -0.39 is 5.97 Å². The third-order valence-corrected chi connectivity index (χ3v) is 1.89. The molecule has 0 heterocycles. The molecule has 0 aliphatic carbocycles. The molecule has 86 valence electrons. The average molecular weight is 221 g/mol. The Labute approximate surface area is 94.7 Å². The highest BCUT2D eigenvalue weighted by atomic mass is 16.6. The summed E-state index contributed by atoms with van der Waals surface area (Å²) in [6, 6.07) is 7.39. The minimum absolute atomic E-state index is 0.0828. The Morgan fingerprint density at radius 2 is 2.31 bits per heavy atom. The van der Waals surface area contributed by atoms with Gasteiger partial charge in [-0.25, -0.2) is 4.79 Å². The van der Waals surface area contributed by atoms with E-state index in [1.807, 2.05) is 30.4 Å². The molecule has 0 unspecified atom stereocenters. The maximum Gasteiger partial charge on any atom is 0.343 e. The smallest absolute Gasteiger partial charge is 0.343 e. The van der Waals surface area contributed by atoms with Crippen molar-refractivity contribution in [2.24, 2.45) is 5.73 Å². The third-order valence-electron chi connectivity index (χ3n) is 1.89. The largest absolute Gasteiger partial charge is 0.482 e. The van der Waals surface area contributed by atoms with Crippen LogP contribution in [0.3, 0.4) is 0 Å². The Bertz CT molecular complexity index is 374. The maximum atomic E-state index is 10.9. The number of rotatable bonds is 5. The van der Waals surface area contributed by atoms with Gasteiger partial charge in [0.25, 0.3) is 0 Å². The van der Waals surface area contributed by atoms with Crippen molar-refractivity contribution in [2.45, 2.75) is 0 Å². The molecule has 2 N–H and O–H groups in total. The zero-order valence-corrected chi connectivity index (χ0v) is 9.18. The van der Waals surface area contributed by atoms with Crippen molar-refractivity contribution in [3.63, 3.8) is 0 Å². The quantitative estimate of drug-likeness (QED) is 0.759. The summed E-state index contributed by atoms with van der Waals surface area (Å²) >= 11 is 0. The van der Waals surface area contributed by atoms with Gasteiger partial charge in [0.2, 0.25) is 0 Å². The van der Waals surface area contributed by atoms with E-state index in [4.69, 9.17) is 10.5 Å². The fourth-order valence-corrected chi connectivity index (χ4v) is 1.11. The molecule has 0 spiro atoms. The summed E-state index contributed by atoms with van der Waals surface area (Å²) in [5.41, 5.74) is 6.33. The van der Waals surface area contributed by atoms with E-state index in [0.29, 0.717) is 12.3 Å². The Hall–Kier alpha value is -1.81. The van der Waals surface area contributed by atoms with E-state index in [1.54, 1.807) is 6.07 Å². The van der Waals surface area contributed by atoms with Gasteiger partial charge in [0.1, 0.15) is 5.75 Å². The van der Waals surface area contributed by atoms with Crippen LogP contribution in [0.1, 0.15) is 5.56 Å². The van der Waals surface area contributed by atoms with Gasteiger partial charge in [0, 0.05) is 6.54 Å². The van der Waals surface area contributed by atoms with Gasteiger partial charge in [-0.3, -0.25) is 0 Å². The van der Waals surface area contributed by atoms with Gasteiger partial charge in [-0.15, -0.1) is 0 Å². The van der Waals surface area contributed by atoms with Crippen molar-refractivity contribution < 1.29 is 14.3 Å². The predicted octanol–water partition coefficient (Wildman–Crippen LogP) is 1.21. The van der Waals surface area contributed by atoms with Crippen LogP contribution in [0.25, 0.3) is 6.08 Å². The Morgan fingerprint density at radius 3 is 3.00 bits per heavy atom. The Morgan fingerprint density at radius 1 is 1.50 bits per heavy atom. The molecule has 0 aromatic heterocycles. The van der Waals surface area contributed by atoms with Crippen molar-refractivity contribution in [3.05, 3.63) is 35.9 Å². The van der Waals surface area contributed by atoms with Gasteiger partial charge in [0.15, 0.2) is 6.61 Å². The van der Waals surface area contributed by atoms with E-state index in [2.05, 4.69) is 4.74 Å². The second-order valence-corrected chi connectivity index (χ2v) is 3.08. The highest BCUT2D eigenvalue weighted by molar-refractivity contribution is 5.70. The number of carbonyl (C=O) groups excluding carboxylic acids is 1. The van der Waals surface area contributed by atoms with Crippen molar-refractivity contribution in [3.8, 4) is 5.75 Å². The minimum Gasteiger partial charge on any atom is -0.482 e. The lowest BCUT2D eigenvalue weighted by Crippen LogP contribution is -2.12. The first-order chi connectivity index (χ1) is 7.76. The van der Waals surface area contributed by atoms with Crippen LogP contribution in [0.5, 0.6) is 5.75 Å². The summed E-state index contributed by atoms with van der Waals surface area (Å²) in [4.78, 5) is 10.9. The molecule has 1 aromatic rings. The van der Waals surface area contributed by atoms with Crippen molar-refractivity contribution in [1.82, 2.24) is 0 Å². The first kappa shape index (κ1) is 12.3. The van der Waals surface area contributed by atoms with Gasteiger partial charge >= 0.3 is 5.97 Å². The van der Waals surface area contributed by atoms with Crippen LogP contribution in [-0.2, 0) is 9.53 Å². The van der Waals surface area contributed by atoms with E-state index in [0.717, 1.165) is 5.56 Å². The first-order valence-corrected chi connectivity index (χ1v) is 4.92. The zero-order valence-electron chi connectivity index (χ0n) is 9.18. The van der Waals surface area contributed by atoms with E-state index >= 15 is 0 Å². The highest BCUT2D eigenvalue weighted by Gasteiger charge is 2.01. The number of ether oxygens (including phenoxy) is 2. The van der Waals surface area contributed by atoms with Gasteiger partial charge in [-0.1, -0.05) is 24.3 Å². The predicted molar refractivity (Wildman–Crippen MR) is 62.0 cm³/mol. The molecule has 0 fully saturated rings. The third kappa shape index (κ3) is 4.14. The van der Waals surface area contributed by atoms with Crippen LogP contribution >= 0.6 is 0 Å². The number of benzene rings is 1. The number of methoxy groups -OCH3 is 1. The van der Waals surface area contributed by atoms with Crippen LogP contribution < -0.4 is 10.5 Å². The fraction of sp³-hybridized carbons (Fsp3) is 0.250. The first-order valence-electron chi connectivity index (χ1n) is 4.92. The topological polar surface area (TPSA) is 61.5 Å². The van der Waals surface area contributed by atoms with Crippen molar-refractivity contribution in [2.75, 3.05) is 20.3 Å². The molecule has 1 rings (SSSR count). The molecule has 0 radical (unpaired) electrons. The minimum atomic E-state index is -0.400. The SMILES string of the molecule is COC(=O)COc1cccc(C=CCN)c1. The van der Waals surface area contributed by atoms with E-state index in [-0.39, 0.29) is 6.61 Å². The van der Waals surface area contributed by atoms with E-state index in [1.165, 1.54) is 7.11 Å². The number of carbonyl (C=O) groups is 1. The van der Waals surface area contributed by atoms with Crippen LogP contribution in [0, 0.1) is 0 Å². The number of nitrogens with two attached hydrogens (primary N) is 1. The monoisotopic (exact) mass is 221 g/mol. The van der Waals surface area contributed by atoms with Gasteiger partial charge in [-0.05, 0) is 17.7 Å². The van der Waals surface area contributed by atoms with Gasteiger partial charge in [-0.2, -0.15) is 0 Å². The number of hydrogen-bond acceptors (Lipinski definition) is 4. The lowest BCUT2D eigenvalue weighted by molar-refractivity contribution is -0.142. The molecule has 0 aliphatic rings. The normalized spacial score (nSPS) is 10.4. The van der Waals surface area contributed by atoms with Gasteiger partial charge in [0.05, 0.1) is 7.11 Å². The molecule has 1 aromatic carbocycles. The standard InChI is InChI=1S/C12H15NO3/c1-15-12(14)9-16-11-6-2-4-10(8-11)5-3-7-13/h2-6,8H,7,9,13H2,1H3. The summed E-state index contributed by atoms with van der Waals surface area (Å²) < 4.78 is 9.71. The molecule has 16 heavy (non-hydrogen) atoms. The molecule has 0 atom stereocenters. The average Bonchev–Trinajstić information content (AvgIpc) is 2.34. The maximum absolute atomic E-state index is 10.9. The zero-order chi connectivity index (χ0) is 11.8. The van der Waals surface area contributed by atoms with Crippen LogP contribution in [0.2, 0.25) is 0 Å². The van der Waals surface area contributed by atoms with Crippen molar-refractivity contribution in [1.29, 1.82) is 0 Å². The summed E-state index contributed by atoms with van der Waals surface area (Å²) in [5, 5.41) is 0. The lowest BCUT2D eigenvalue weighted by atomic mass is 10.2. The number of esters is 1. The molecule has 0 aliphatic heterocycles. The highest BCUT2D eigenvalue weighted by Crippen LogP contribution is 2.14. The van der Waals surface area contributed by atoms with Gasteiger partial charge < -0.3 is 15.2 Å². The molecule has 4 heteroatoms. The molecule has 0 saturated heterocycles. The van der Waals surface area contributed by atoms with Crippen LogP contribution in [0.4, 0.5) is 0 Å². The summed E-state index contributed by atoms with van der Waals surface area (Å²) in [7, 11) is 1.33. The lowest BCUT2D eigenvalue weighted by Gasteiger charge is -2.05. The Balaban J connectivity index is 2.60. The molecule has 4 nitrogen and oxygen atoms in total. The molecule has 0 saturated carbocycles. The fourth-order valence-electron chi connectivity index (χ4n) is 1.11. The summed E-state index contributed by atoms with van der Waals surface area (Å²) in [5.74, 6) is 0.229.